The van der Waals surface area contributed by atoms with Crippen molar-refractivity contribution in [2.24, 2.45) is 0 Å². The number of aryl methyl sites for hydroxylation is 1. The summed E-state index contributed by atoms with van der Waals surface area (Å²) in [5, 5.41) is 0. The van der Waals surface area contributed by atoms with E-state index in [9.17, 15) is 9.59 Å². The number of rotatable bonds is 10. The highest BCUT2D eigenvalue weighted by Gasteiger charge is 2.20. The molecule has 1 heterocycles. The number of hydrogen-bond acceptors (Lipinski definition) is 10. The predicted octanol–water partition coefficient (Wildman–Crippen LogP) is 0.641. The minimum absolute atomic E-state index is 0.213. The third-order valence-corrected chi connectivity index (χ3v) is 6.23. The summed E-state index contributed by atoms with van der Waals surface area (Å²) in [5.41, 5.74) is 2.51. The lowest BCUT2D eigenvalue weighted by Crippen LogP contribution is -2.48. The van der Waals surface area contributed by atoms with E-state index >= 15 is 0 Å². The van der Waals surface area contributed by atoms with Gasteiger partial charge < -0.3 is 9.47 Å². The first-order valence-electron chi connectivity index (χ1n) is 12.2. The second kappa shape index (κ2) is 16.6. The van der Waals surface area contributed by atoms with Crippen molar-refractivity contribution in [1.29, 1.82) is 0 Å². The van der Waals surface area contributed by atoms with E-state index in [0.29, 0.717) is 26.2 Å². The molecule has 1 aliphatic rings. The van der Waals surface area contributed by atoms with Crippen molar-refractivity contribution < 1.29 is 28.8 Å². The van der Waals surface area contributed by atoms with Crippen LogP contribution in [0.4, 0.5) is 0 Å². The lowest BCUT2D eigenvalue weighted by molar-refractivity contribution is -0.273. The second-order valence-corrected chi connectivity index (χ2v) is 8.80. The quantitative estimate of drug-likeness (QED) is 0.200. The van der Waals surface area contributed by atoms with Gasteiger partial charge >= 0.3 is 11.9 Å². The van der Waals surface area contributed by atoms with Crippen LogP contribution in [0.1, 0.15) is 11.1 Å². The number of nitrogens with zero attached hydrogens (tertiary/aromatic N) is 4. The Kier molecular flexibility index (Phi) is 13.8. The van der Waals surface area contributed by atoms with Crippen LogP contribution >= 0.6 is 0 Å². The summed E-state index contributed by atoms with van der Waals surface area (Å²) in [6.07, 6.45) is 0. The first-order chi connectivity index (χ1) is 16.9. The van der Waals surface area contributed by atoms with Gasteiger partial charge in [-0.3, -0.25) is 29.2 Å². The largest absolute Gasteiger partial charge is 0.468 e. The smallest absolute Gasteiger partial charge is 0.319 e. The SMILES string of the molecule is COOCCN1CCN(CC(=O)OC)CCN(CC(=O)OC)CCN(Cc2ccc(C)cc2)CC1. The van der Waals surface area contributed by atoms with Crippen LogP contribution in [-0.2, 0) is 35.4 Å². The molecule has 1 saturated heterocycles. The summed E-state index contributed by atoms with van der Waals surface area (Å²) >= 11 is 0. The van der Waals surface area contributed by atoms with Crippen LogP contribution in [0.15, 0.2) is 24.3 Å². The molecule has 0 aromatic heterocycles. The van der Waals surface area contributed by atoms with Crippen molar-refractivity contribution in [3.63, 3.8) is 0 Å². The van der Waals surface area contributed by atoms with E-state index in [0.717, 1.165) is 45.8 Å². The van der Waals surface area contributed by atoms with E-state index in [4.69, 9.17) is 19.2 Å². The maximum absolute atomic E-state index is 12.0. The summed E-state index contributed by atoms with van der Waals surface area (Å²) in [5.74, 6) is -0.527. The fourth-order valence-corrected chi connectivity index (χ4v) is 3.97. The number of ether oxygens (including phenoxy) is 2. The van der Waals surface area contributed by atoms with Gasteiger partial charge in [0, 0.05) is 65.4 Å². The molecule has 0 saturated carbocycles. The molecule has 0 radical (unpaired) electrons. The monoisotopic (exact) mass is 494 g/mol. The van der Waals surface area contributed by atoms with Crippen molar-refractivity contribution in [2.75, 3.05) is 99.9 Å². The Bertz CT molecular complexity index is 748. The molecule has 1 aliphatic heterocycles. The van der Waals surface area contributed by atoms with Gasteiger partial charge in [0.25, 0.3) is 0 Å². The van der Waals surface area contributed by atoms with E-state index in [2.05, 4.69) is 50.8 Å². The van der Waals surface area contributed by atoms with E-state index in [-0.39, 0.29) is 25.0 Å². The third kappa shape index (κ3) is 11.9. The summed E-state index contributed by atoms with van der Waals surface area (Å²) < 4.78 is 9.81. The highest BCUT2D eigenvalue weighted by molar-refractivity contribution is 5.71. The zero-order valence-corrected chi connectivity index (χ0v) is 21.7. The number of methoxy groups -OCH3 is 2. The van der Waals surface area contributed by atoms with Crippen LogP contribution < -0.4 is 0 Å². The molecule has 10 nitrogen and oxygen atoms in total. The Hall–Kier alpha value is -2.08. The van der Waals surface area contributed by atoms with Crippen LogP contribution in [0.2, 0.25) is 0 Å². The van der Waals surface area contributed by atoms with E-state index < -0.39 is 0 Å². The lowest BCUT2D eigenvalue weighted by Gasteiger charge is -2.33. The molecule has 0 bridgehead atoms. The van der Waals surface area contributed by atoms with Gasteiger partial charge in [-0.05, 0) is 12.5 Å². The zero-order chi connectivity index (χ0) is 25.5. The molecule has 0 N–H and O–H groups in total. The standard InChI is InChI=1S/C25H42N4O6/c1-22-5-7-23(8-6-22)19-27-11-9-26(17-18-35-34-4)10-12-28(20-24(30)32-2)15-16-29(14-13-27)21-25(31)33-3/h5-8H,9-21H2,1-4H3. The third-order valence-electron chi connectivity index (χ3n) is 6.23. The molecular formula is C25H42N4O6. The Morgan fingerprint density at radius 3 is 1.63 bits per heavy atom. The molecule has 1 aromatic carbocycles. The van der Waals surface area contributed by atoms with Crippen LogP contribution in [0.3, 0.4) is 0 Å². The maximum Gasteiger partial charge on any atom is 0.319 e. The highest BCUT2D eigenvalue weighted by atomic mass is 17.2. The minimum Gasteiger partial charge on any atom is -0.468 e. The Morgan fingerprint density at radius 2 is 1.17 bits per heavy atom. The lowest BCUT2D eigenvalue weighted by atomic mass is 10.1. The normalized spacial score (nSPS) is 17.9. The predicted molar refractivity (Wildman–Crippen MR) is 133 cm³/mol. The zero-order valence-electron chi connectivity index (χ0n) is 21.7. The number of benzene rings is 1. The van der Waals surface area contributed by atoms with Gasteiger partial charge in [0.2, 0.25) is 0 Å². The molecule has 0 atom stereocenters. The topological polar surface area (TPSA) is 84.0 Å². The molecule has 0 unspecified atom stereocenters. The molecular weight excluding hydrogens is 452 g/mol. The Balaban J connectivity index is 2.14. The highest BCUT2D eigenvalue weighted by Crippen LogP contribution is 2.09. The average molecular weight is 495 g/mol. The molecule has 198 valence electrons. The number of carbonyl (C=O) groups is 2. The molecule has 0 aliphatic carbocycles. The number of esters is 2. The first-order valence-corrected chi connectivity index (χ1v) is 12.2. The van der Waals surface area contributed by atoms with Crippen LogP contribution in [0.25, 0.3) is 0 Å². The van der Waals surface area contributed by atoms with Gasteiger partial charge in [-0.15, -0.1) is 0 Å². The van der Waals surface area contributed by atoms with Gasteiger partial charge in [-0.1, -0.05) is 29.8 Å². The van der Waals surface area contributed by atoms with Gasteiger partial charge in [0.05, 0.1) is 41.0 Å². The summed E-state index contributed by atoms with van der Waals surface area (Å²) in [6, 6.07) is 8.62. The van der Waals surface area contributed by atoms with Gasteiger partial charge in [-0.2, -0.15) is 0 Å². The summed E-state index contributed by atoms with van der Waals surface area (Å²) in [7, 11) is 4.32. The molecule has 0 spiro atoms. The van der Waals surface area contributed by atoms with E-state index in [1.165, 1.54) is 32.5 Å². The number of carbonyl (C=O) groups excluding carboxylic acids is 2. The fraction of sp³-hybridized carbons (Fsp3) is 0.680. The van der Waals surface area contributed by atoms with Crippen molar-refractivity contribution >= 4 is 11.9 Å². The fourth-order valence-electron chi connectivity index (χ4n) is 3.97. The number of hydrogen-bond donors (Lipinski definition) is 0. The van der Waals surface area contributed by atoms with Crippen LogP contribution in [0.5, 0.6) is 0 Å². The summed E-state index contributed by atoms with van der Waals surface area (Å²) in [6.45, 7) is 10.6. The Morgan fingerprint density at radius 1 is 0.714 bits per heavy atom. The van der Waals surface area contributed by atoms with Gasteiger partial charge in [0.15, 0.2) is 0 Å². The van der Waals surface area contributed by atoms with Crippen molar-refractivity contribution in [2.45, 2.75) is 13.5 Å². The average Bonchev–Trinajstić information content (AvgIpc) is 2.86. The van der Waals surface area contributed by atoms with Crippen molar-refractivity contribution in [3.8, 4) is 0 Å². The van der Waals surface area contributed by atoms with Crippen LogP contribution in [-0.4, -0.2) is 131 Å². The van der Waals surface area contributed by atoms with Gasteiger partial charge in [0.1, 0.15) is 0 Å². The molecule has 35 heavy (non-hydrogen) atoms. The molecule has 2 rings (SSSR count). The maximum atomic E-state index is 12.0. The minimum atomic E-state index is -0.268. The second-order valence-electron chi connectivity index (χ2n) is 8.80. The Labute approximate surface area is 209 Å². The molecule has 10 heteroatoms. The first kappa shape index (κ1) is 29.2. The van der Waals surface area contributed by atoms with E-state index in [1.807, 2.05) is 0 Å². The van der Waals surface area contributed by atoms with Crippen molar-refractivity contribution in [1.82, 2.24) is 19.6 Å². The molecule has 1 fully saturated rings. The van der Waals surface area contributed by atoms with Crippen molar-refractivity contribution in [3.05, 3.63) is 35.4 Å². The molecule has 1 aromatic rings. The van der Waals surface area contributed by atoms with Crippen LogP contribution in [0, 0.1) is 6.92 Å². The van der Waals surface area contributed by atoms with Gasteiger partial charge in [-0.25, -0.2) is 9.78 Å². The molecule has 0 amide bonds. The van der Waals surface area contributed by atoms with E-state index in [1.54, 1.807) is 0 Å². The summed E-state index contributed by atoms with van der Waals surface area (Å²) in [4.78, 5) is 42.8.